The molecule has 0 atom stereocenters. The molecule has 0 fully saturated rings. The van der Waals surface area contributed by atoms with Crippen molar-refractivity contribution in [3.05, 3.63) is 65.7 Å². The third-order valence-electron chi connectivity index (χ3n) is 4.15. The minimum absolute atomic E-state index is 0.0992. The van der Waals surface area contributed by atoms with Crippen molar-refractivity contribution in [2.45, 2.75) is 32.1 Å². The zero-order valence-corrected chi connectivity index (χ0v) is 17.0. The van der Waals surface area contributed by atoms with Gasteiger partial charge in [-0.1, -0.05) is 55.9 Å². The van der Waals surface area contributed by atoms with E-state index in [-0.39, 0.29) is 35.8 Å². The number of thioether (sulfide) groups is 1. The molecule has 1 amide bonds. The monoisotopic (exact) mass is 416 g/mol. The third kappa shape index (κ3) is 5.41. The Balaban J connectivity index is 1.69. The van der Waals surface area contributed by atoms with Crippen molar-refractivity contribution in [3.63, 3.8) is 0 Å². The minimum Gasteiger partial charge on any atom is -0.351 e. The van der Waals surface area contributed by atoms with E-state index in [1.165, 1.54) is 23.9 Å². The average Bonchev–Trinajstić information content (AvgIpc) is 3.07. The predicted octanol–water partition coefficient (Wildman–Crippen LogP) is 4.29. The standard InChI is InChI=1S/C21H22F2N4OS/c1-14(2)12-27-20(16-8-4-6-10-18(16)23)25-26-21(27)29-13-19(28)24-11-15-7-3-5-9-17(15)22/h3-10,14H,11-13H2,1-2H3,(H,24,28). The second kappa shape index (κ2) is 9.65. The maximum atomic E-state index is 14.2. The van der Waals surface area contributed by atoms with E-state index in [9.17, 15) is 13.6 Å². The Hall–Kier alpha value is -2.74. The molecule has 0 aliphatic rings. The topological polar surface area (TPSA) is 59.8 Å². The maximum Gasteiger partial charge on any atom is 0.230 e. The summed E-state index contributed by atoms with van der Waals surface area (Å²) in [5.41, 5.74) is 0.798. The van der Waals surface area contributed by atoms with Gasteiger partial charge in [0, 0.05) is 18.7 Å². The Bertz CT molecular complexity index is 990. The highest BCUT2D eigenvalue weighted by Crippen LogP contribution is 2.26. The Morgan fingerprint density at radius 2 is 1.76 bits per heavy atom. The molecular formula is C21H22F2N4OS. The van der Waals surface area contributed by atoms with Gasteiger partial charge >= 0.3 is 0 Å². The van der Waals surface area contributed by atoms with Crippen LogP contribution in [-0.4, -0.2) is 26.4 Å². The zero-order valence-electron chi connectivity index (χ0n) is 16.2. The van der Waals surface area contributed by atoms with Gasteiger partial charge < -0.3 is 9.88 Å². The molecule has 3 rings (SSSR count). The van der Waals surface area contributed by atoms with Crippen molar-refractivity contribution in [1.29, 1.82) is 0 Å². The van der Waals surface area contributed by atoms with Crippen molar-refractivity contribution in [2.75, 3.05) is 5.75 Å². The first-order chi connectivity index (χ1) is 14.0. The van der Waals surface area contributed by atoms with Gasteiger partial charge in [-0.2, -0.15) is 0 Å². The van der Waals surface area contributed by atoms with Gasteiger partial charge in [0.2, 0.25) is 5.91 Å². The van der Waals surface area contributed by atoms with Gasteiger partial charge in [-0.25, -0.2) is 8.78 Å². The molecule has 5 nitrogen and oxygen atoms in total. The molecule has 0 saturated heterocycles. The van der Waals surface area contributed by atoms with Gasteiger partial charge in [-0.05, 0) is 24.1 Å². The minimum atomic E-state index is -0.371. The molecule has 2 aromatic carbocycles. The maximum absolute atomic E-state index is 14.2. The molecule has 0 radical (unpaired) electrons. The van der Waals surface area contributed by atoms with Gasteiger partial charge in [-0.3, -0.25) is 4.79 Å². The van der Waals surface area contributed by atoms with E-state index in [1.54, 1.807) is 36.4 Å². The molecule has 1 heterocycles. The number of nitrogens with one attached hydrogen (secondary N) is 1. The molecule has 1 N–H and O–H groups in total. The fraction of sp³-hybridized carbons (Fsp3) is 0.286. The quantitative estimate of drug-likeness (QED) is 0.557. The molecule has 8 heteroatoms. The normalized spacial score (nSPS) is 11.1. The largest absolute Gasteiger partial charge is 0.351 e. The van der Waals surface area contributed by atoms with E-state index in [2.05, 4.69) is 15.5 Å². The summed E-state index contributed by atoms with van der Waals surface area (Å²) in [4.78, 5) is 12.2. The van der Waals surface area contributed by atoms with Gasteiger partial charge in [0.15, 0.2) is 11.0 Å². The second-order valence-corrected chi connectivity index (χ2v) is 7.89. The molecule has 3 aromatic rings. The number of amides is 1. The van der Waals surface area contributed by atoms with Crippen molar-refractivity contribution in [3.8, 4) is 11.4 Å². The summed E-state index contributed by atoms with van der Waals surface area (Å²) in [5, 5.41) is 11.6. The van der Waals surface area contributed by atoms with Crippen LogP contribution >= 0.6 is 11.8 Å². The first-order valence-corrected chi connectivity index (χ1v) is 10.2. The zero-order chi connectivity index (χ0) is 20.8. The fourth-order valence-electron chi connectivity index (χ4n) is 2.78. The Labute approximate surface area is 172 Å². The van der Waals surface area contributed by atoms with Crippen LogP contribution in [-0.2, 0) is 17.9 Å². The molecule has 0 bridgehead atoms. The van der Waals surface area contributed by atoms with Crippen LogP contribution in [0, 0.1) is 17.6 Å². The van der Waals surface area contributed by atoms with Crippen LogP contribution in [0.3, 0.4) is 0 Å². The molecule has 29 heavy (non-hydrogen) atoms. The Kier molecular flexibility index (Phi) is 6.98. The highest BCUT2D eigenvalue weighted by Gasteiger charge is 2.18. The molecular weight excluding hydrogens is 394 g/mol. The van der Waals surface area contributed by atoms with Crippen molar-refractivity contribution in [1.82, 2.24) is 20.1 Å². The summed E-state index contributed by atoms with van der Waals surface area (Å²) in [6, 6.07) is 12.7. The van der Waals surface area contributed by atoms with Crippen molar-refractivity contribution >= 4 is 17.7 Å². The molecule has 0 aliphatic heterocycles. The molecule has 0 unspecified atom stereocenters. The number of nitrogens with zero attached hydrogens (tertiary/aromatic N) is 3. The van der Waals surface area contributed by atoms with E-state index in [0.717, 1.165) is 0 Å². The van der Waals surface area contributed by atoms with Crippen LogP contribution in [0.15, 0.2) is 53.7 Å². The molecule has 0 spiro atoms. The number of halogens is 2. The van der Waals surface area contributed by atoms with E-state index < -0.39 is 0 Å². The van der Waals surface area contributed by atoms with Crippen LogP contribution in [0.4, 0.5) is 8.78 Å². The summed E-state index contributed by atoms with van der Waals surface area (Å²) in [6.07, 6.45) is 0. The SMILES string of the molecule is CC(C)Cn1c(SCC(=O)NCc2ccccc2F)nnc1-c1ccccc1F. The van der Waals surface area contributed by atoms with Crippen LogP contribution < -0.4 is 5.32 Å². The highest BCUT2D eigenvalue weighted by atomic mass is 32.2. The van der Waals surface area contributed by atoms with Gasteiger partial charge in [0.05, 0.1) is 11.3 Å². The highest BCUT2D eigenvalue weighted by molar-refractivity contribution is 7.99. The number of hydrogen-bond donors (Lipinski definition) is 1. The number of aromatic nitrogens is 3. The number of hydrogen-bond acceptors (Lipinski definition) is 4. The van der Waals surface area contributed by atoms with E-state index in [1.807, 2.05) is 18.4 Å². The Morgan fingerprint density at radius 1 is 1.07 bits per heavy atom. The van der Waals surface area contributed by atoms with Crippen LogP contribution in [0.2, 0.25) is 0 Å². The van der Waals surface area contributed by atoms with Crippen LogP contribution in [0.5, 0.6) is 0 Å². The molecule has 0 aliphatic carbocycles. The van der Waals surface area contributed by atoms with Crippen LogP contribution in [0.1, 0.15) is 19.4 Å². The van der Waals surface area contributed by atoms with Crippen molar-refractivity contribution in [2.24, 2.45) is 5.92 Å². The summed E-state index contributed by atoms with van der Waals surface area (Å²) in [7, 11) is 0. The van der Waals surface area contributed by atoms with Gasteiger partial charge in [0.1, 0.15) is 11.6 Å². The number of carbonyl (C=O) groups excluding carboxylic acids is 1. The average molecular weight is 416 g/mol. The van der Waals surface area contributed by atoms with Crippen LogP contribution in [0.25, 0.3) is 11.4 Å². The lowest BCUT2D eigenvalue weighted by atomic mass is 10.2. The third-order valence-corrected chi connectivity index (χ3v) is 5.11. The lowest BCUT2D eigenvalue weighted by molar-refractivity contribution is -0.118. The van der Waals surface area contributed by atoms with Gasteiger partial charge in [0.25, 0.3) is 0 Å². The summed E-state index contributed by atoms with van der Waals surface area (Å²) in [6.45, 7) is 4.79. The lowest BCUT2D eigenvalue weighted by Gasteiger charge is -2.13. The first kappa shape index (κ1) is 21.0. The summed E-state index contributed by atoms with van der Waals surface area (Å²) < 4.78 is 29.7. The smallest absolute Gasteiger partial charge is 0.230 e. The van der Waals surface area contributed by atoms with Crippen molar-refractivity contribution < 1.29 is 13.6 Å². The molecule has 0 saturated carbocycles. The van der Waals surface area contributed by atoms with Gasteiger partial charge in [-0.15, -0.1) is 10.2 Å². The predicted molar refractivity (Wildman–Crippen MR) is 109 cm³/mol. The molecule has 1 aromatic heterocycles. The number of benzene rings is 2. The van der Waals surface area contributed by atoms with E-state index in [4.69, 9.17) is 0 Å². The summed E-state index contributed by atoms with van der Waals surface area (Å²) >= 11 is 1.22. The fourth-order valence-corrected chi connectivity index (χ4v) is 3.56. The molecule has 152 valence electrons. The second-order valence-electron chi connectivity index (χ2n) is 6.95. The van der Waals surface area contributed by atoms with E-state index in [0.29, 0.717) is 28.7 Å². The number of carbonyl (C=O) groups is 1. The van der Waals surface area contributed by atoms with E-state index >= 15 is 0 Å². The lowest BCUT2D eigenvalue weighted by Crippen LogP contribution is -2.25. The Morgan fingerprint density at radius 3 is 2.45 bits per heavy atom. The number of rotatable bonds is 8. The summed E-state index contributed by atoms with van der Waals surface area (Å²) in [5.74, 6) is -0.153. The first-order valence-electron chi connectivity index (χ1n) is 9.26.